The molecule has 0 fully saturated rings. The summed E-state index contributed by atoms with van der Waals surface area (Å²) in [5.41, 5.74) is 2.27. The first-order valence-corrected chi connectivity index (χ1v) is 7.63. The van der Waals surface area contributed by atoms with Crippen LogP contribution in [-0.2, 0) is 11.3 Å². The van der Waals surface area contributed by atoms with Crippen molar-refractivity contribution in [3.8, 4) is 0 Å². The number of hydrogen-bond donors (Lipinski definition) is 2. The van der Waals surface area contributed by atoms with Crippen LogP contribution in [0.5, 0.6) is 0 Å². The Balaban J connectivity index is 2.19. The Bertz CT molecular complexity index is 630. The van der Waals surface area contributed by atoms with Crippen LogP contribution in [0.15, 0.2) is 24.4 Å². The number of rotatable bonds is 6. The Hall–Kier alpha value is -1.79. The lowest BCUT2D eigenvalue weighted by Gasteiger charge is -2.13. The maximum absolute atomic E-state index is 11.6. The third-order valence-electron chi connectivity index (χ3n) is 2.79. The van der Waals surface area contributed by atoms with Crippen molar-refractivity contribution in [3.63, 3.8) is 0 Å². The quantitative estimate of drug-likeness (QED) is 0.794. The zero-order chi connectivity index (χ0) is 15.2. The van der Waals surface area contributed by atoms with Crippen LogP contribution in [0.25, 0.3) is 0 Å². The highest BCUT2D eigenvalue weighted by Crippen LogP contribution is 2.25. The maximum atomic E-state index is 11.6. The molecule has 0 saturated heterocycles. The molecule has 0 amide bonds. The first kappa shape index (κ1) is 15.6. The van der Waals surface area contributed by atoms with Crippen molar-refractivity contribution in [2.24, 2.45) is 0 Å². The van der Waals surface area contributed by atoms with Crippen LogP contribution >= 0.6 is 22.9 Å². The highest BCUT2D eigenvalue weighted by molar-refractivity contribution is 7.15. The Morgan fingerprint density at radius 3 is 2.81 bits per heavy atom. The van der Waals surface area contributed by atoms with Crippen LogP contribution in [0.4, 0.5) is 11.4 Å². The number of anilines is 2. The van der Waals surface area contributed by atoms with E-state index in [-0.39, 0.29) is 5.97 Å². The maximum Gasteiger partial charge on any atom is 0.337 e. The van der Waals surface area contributed by atoms with Gasteiger partial charge in [0.25, 0.3) is 0 Å². The monoisotopic (exact) mass is 325 g/mol. The average molecular weight is 326 g/mol. The summed E-state index contributed by atoms with van der Waals surface area (Å²) in [6.07, 6.45) is 1.73. The van der Waals surface area contributed by atoms with Gasteiger partial charge in [-0.05, 0) is 25.1 Å². The number of ether oxygens (including phenoxy) is 1. The summed E-state index contributed by atoms with van der Waals surface area (Å²) in [5, 5.41) is 6.54. The smallest absolute Gasteiger partial charge is 0.337 e. The summed E-state index contributed by atoms with van der Waals surface area (Å²) in [7, 11) is 1.37. The molecule has 1 aromatic heterocycles. The van der Waals surface area contributed by atoms with Gasteiger partial charge in [0.15, 0.2) is 4.47 Å². The summed E-state index contributed by atoms with van der Waals surface area (Å²) in [6, 6.07) is 5.36. The van der Waals surface area contributed by atoms with Gasteiger partial charge in [0, 0.05) is 17.6 Å². The number of hydrogen-bond acceptors (Lipinski definition) is 6. The van der Waals surface area contributed by atoms with E-state index in [1.54, 1.807) is 18.3 Å². The molecule has 112 valence electrons. The minimum atomic E-state index is -0.359. The predicted octanol–water partition coefficient (Wildman–Crippen LogP) is 3.63. The van der Waals surface area contributed by atoms with Crippen molar-refractivity contribution in [1.82, 2.24) is 4.98 Å². The van der Waals surface area contributed by atoms with Crippen molar-refractivity contribution in [3.05, 3.63) is 39.3 Å². The molecule has 1 heterocycles. The predicted molar refractivity (Wildman–Crippen MR) is 86.4 cm³/mol. The number of carbonyl (C=O) groups is 1. The molecule has 0 bridgehead atoms. The lowest BCUT2D eigenvalue weighted by Crippen LogP contribution is -2.07. The molecule has 0 aliphatic rings. The fourth-order valence-corrected chi connectivity index (χ4v) is 2.75. The normalized spacial score (nSPS) is 10.2. The second kappa shape index (κ2) is 7.28. The van der Waals surface area contributed by atoms with Gasteiger partial charge >= 0.3 is 5.97 Å². The van der Waals surface area contributed by atoms with Crippen LogP contribution in [0, 0.1) is 0 Å². The Labute approximate surface area is 132 Å². The molecule has 5 nitrogen and oxygen atoms in total. The minimum Gasteiger partial charge on any atom is -0.465 e. The Morgan fingerprint density at radius 1 is 1.38 bits per heavy atom. The molecule has 0 aliphatic carbocycles. The second-order valence-electron chi connectivity index (χ2n) is 4.22. The van der Waals surface area contributed by atoms with Crippen LogP contribution in [-0.4, -0.2) is 24.6 Å². The van der Waals surface area contributed by atoms with Gasteiger partial charge in [-0.1, -0.05) is 11.6 Å². The summed E-state index contributed by atoms with van der Waals surface area (Å²) < 4.78 is 5.26. The molecule has 0 radical (unpaired) electrons. The van der Waals surface area contributed by atoms with E-state index < -0.39 is 0 Å². The van der Waals surface area contributed by atoms with E-state index in [9.17, 15) is 4.79 Å². The van der Waals surface area contributed by atoms with Gasteiger partial charge in [0.2, 0.25) is 0 Å². The zero-order valence-corrected chi connectivity index (χ0v) is 13.3. The molecule has 2 rings (SSSR count). The van der Waals surface area contributed by atoms with E-state index in [1.165, 1.54) is 18.4 Å². The zero-order valence-electron chi connectivity index (χ0n) is 11.8. The number of carbonyl (C=O) groups excluding carboxylic acids is 1. The second-order valence-corrected chi connectivity index (χ2v) is 5.91. The number of nitrogens with one attached hydrogen (secondary N) is 2. The van der Waals surface area contributed by atoms with Crippen molar-refractivity contribution >= 4 is 40.3 Å². The van der Waals surface area contributed by atoms with Gasteiger partial charge in [-0.25, -0.2) is 9.78 Å². The Kier molecular flexibility index (Phi) is 5.41. The largest absolute Gasteiger partial charge is 0.465 e. The van der Waals surface area contributed by atoms with Gasteiger partial charge < -0.3 is 15.4 Å². The van der Waals surface area contributed by atoms with Crippen LogP contribution in [0.1, 0.15) is 22.2 Å². The summed E-state index contributed by atoms with van der Waals surface area (Å²) in [5.74, 6) is -0.359. The number of benzene rings is 1. The molecule has 0 spiro atoms. The minimum absolute atomic E-state index is 0.359. The van der Waals surface area contributed by atoms with Gasteiger partial charge in [0.05, 0.1) is 30.6 Å². The lowest BCUT2D eigenvalue weighted by atomic mass is 10.1. The number of aromatic nitrogens is 1. The number of nitrogens with zero attached hydrogens (tertiary/aromatic N) is 1. The summed E-state index contributed by atoms with van der Waals surface area (Å²) in [6.45, 7) is 3.40. The molecule has 7 heteroatoms. The fraction of sp³-hybridized carbons (Fsp3) is 0.286. The third kappa shape index (κ3) is 4.09. The molecule has 0 unspecified atom stereocenters. The highest BCUT2D eigenvalue weighted by Gasteiger charge is 2.10. The van der Waals surface area contributed by atoms with E-state index in [4.69, 9.17) is 16.3 Å². The van der Waals surface area contributed by atoms with Gasteiger partial charge in [0.1, 0.15) is 0 Å². The van der Waals surface area contributed by atoms with Crippen LogP contribution < -0.4 is 10.6 Å². The topological polar surface area (TPSA) is 63.2 Å². The lowest BCUT2D eigenvalue weighted by molar-refractivity contribution is 0.0601. The van der Waals surface area contributed by atoms with Gasteiger partial charge in [-0.3, -0.25) is 0 Å². The average Bonchev–Trinajstić information content (AvgIpc) is 2.91. The van der Waals surface area contributed by atoms with E-state index in [1.807, 2.05) is 13.0 Å². The number of thiazole rings is 1. The molecule has 0 atom stereocenters. The van der Waals surface area contributed by atoms with E-state index in [0.29, 0.717) is 16.6 Å². The van der Waals surface area contributed by atoms with Gasteiger partial charge in [-0.2, -0.15) is 0 Å². The highest BCUT2D eigenvalue weighted by atomic mass is 35.5. The first-order valence-electron chi connectivity index (χ1n) is 6.44. The van der Waals surface area contributed by atoms with Crippen LogP contribution in [0.3, 0.4) is 0 Å². The molecular weight excluding hydrogens is 310 g/mol. The van der Waals surface area contributed by atoms with Crippen LogP contribution in [0.2, 0.25) is 4.47 Å². The number of halogens is 1. The van der Waals surface area contributed by atoms with E-state index in [0.717, 1.165) is 22.8 Å². The molecule has 0 saturated carbocycles. The molecule has 0 aliphatic heterocycles. The molecule has 21 heavy (non-hydrogen) atoms. The van der Waals surface area contributed by atoms with E-state index in [2.05, 4.69) is 15.6 Å². The van der Waals surface area contributed by atoms with Crippen molar-refractivity contribution in [1.29, 1.82) is 0 Å². The molecule has 2 N–H and O–H groups in total. The molecular formula is C14H16ClN3O2S. The molecule has 1 aromatic carbocycles. The van der Waals surface area contributed by atoms with Gasteiger partial charge in [-0.15, -0.1) is 11.3 Å². The standard InChI is InChI=1S/C14H16ClN3O2S/c1-3-16-11-5-4-9(13(19)20-2)6-12(11)17-7-10-8-18-14(15)21-10/h4-6,8,16-17H,3,7H2,1-2H3. The van der Waals surface area contributed by atoms with Crippen molar-refractivity contribution in [2.75, 3.05) is 24.3 Å². The Morgan fingerprint density at radius 2 is 2.19 bits per heavy atom. The van der Waals surface area contributed by atoms with E-state index >= 15 is 0 Å². The number of esters is 1. The van der Waals surface area contributed by atoms with Crippen molar-refractivity contribution in [2.45, 2.75) is 13.5 Å². The molecule has 2 aromatic rings. The number of methoxy groups -OCH3 is 1. The fourth-order valence-electron chi connectivity index (χ4n) is 1.83. The van der Waals surface area contributed by atoms with Crippen molar-refractivity contribution < 1.29 is 9.53 Å². The third-order valence-corrected chi connectivity index (χ3v) is 3.90. The summed E-state index contributed by atoms with van der Waals surface area (Å²) >= 11 is 7.24. The SMILES string of the molecule is CCNc1ccc(C(=O)OC)cc1NCc1cnc(Cl)s1. The first-order chi connectivity index (χ1) is 10.1. The summed E-state index contributed by atoms with van der Waals surface area (Å²) in [4.78, 5) is 16.6.